The van der Waals surface area contributed by atoms with E-state index in [0.717, 1.165) is 12.0 Å². The molecule has 1 fully saturated rings. The van der Waals surface area contributed by atoms with Crippen LogP contribution in [0.3, 0.4) is 0 Å². The Morgan fingerprint density at radius 3 is 2.62 bits per heavy atom. The van der Waals surface area contributed by atoms with Gasteiger partial charge in [0.25, 0.3) is 0 Å². The largest absolute Gasteiger partial charge is 0.506 e. The number of hydrazine groups is 1. The molecule has 0 radical (unpaired) electrons. The molecule has 0 aromatic heterocycles. The van der Waals surface area contributed by atoms with Gasteiger partial charge in [-0.15, -0.1) is 0 Å². The van der Waals surface area contributed by atoms with Gasteiger partial charge in [-0.05, 0) is 43.9 Å². The predicted octanol–water partition coefficient (Wildman–Crippen LogP) is 1.60. The van der Waals surface area contributed by atoms with Crippen LogP contribution < -0.4 is 16.2 Å². The van der Waals surface area contributed by atoms with Crippen molar-refractivity contribution in [3.05, 3.63) is 28.8 Å². The van der Waals surface area contributed by atoms with Gasteiger partial charge in [0.2, 0.25) is 5.91 Å². The molecule has 1 heterocycles. The highest BCUT2D eigenvalue weighted by molar-refractivity contribution is 6.32. The Bertz CT molecular complexity index is 500. The molecular formula is C15H22ClN3O2. The number of carbonyl (C=O) groups is 1. The number of nitrogens with one attached hydrogen (secondary N) is 3. The SMILES string of the molecule is CC1NNC(C)C1CCNC(=O)Cc1ccc(O)c(Cl)c1. The second-order valence-corrected chi connectivity index (χ2v) is 6.04. The van der Waals surface area contributed by atoms with Crippen LogP contribution >= 0.6 is 11.6 Å². The second kappa shape index (κ2) is 7.11. The summed E-state index contributed by atoms with van der Waals surface area (Å²) in [6.07, 6.45) is 1.21. The van der Waals surface area contributed by atoms with Gasteiger partial charge in [-0.1, -0.05) is 17.7 Å². The van der Waals surface area contributed by atoms with Crippen molar-refractivity contribution in [3.63, 3.8) is 0 Å². The van der Waals surface area contributed by atoms with Crippen LogP contribution in [0.25, 0.3) is 0 Å². The normalized spacial score (nSPS) is 25.0. The fourth-order valence-corrected chi connectivity index (χ4v) is 2.90. The van der Waals surface area contributed by atoms with E-state index in [1.165, 1.54) is 6.07 Å². The lowest BCUT2D eigenvalue weighted by Gasteiger charge is -2.17. The summed E-state index contributed by atoms with van der Waals surface area (Å²) in [5.74, 6) is 0.509. The van der Waals surface area contributed by atoms with Crippen molar-refractivity contribution < 1.29 is 9.90 Å². The van der Waals surface area contributed by atoms with Crippen LogP contribution in [0.15, 0.2) is 18.2 Å². The highest BCUT2D eigenvalue weighted by Gasteiger charge is 2.29. The molecule has 5 nitrogen and oxygen atoms in total. The quantitative estimate of drug-likeness (QED) is 0.666. The van der Waals surface area contributed by atoms with E-state index in [-0.39, 0.29) is 23.1 Å². The standard InChI is InChI=1S/C15H22ClN3O2/c1-9-12(10(2)19-18-9)5-6-17-15(21)8-11-3-4-14(20)13(16)7-11/h3-4,7,9-10,12,18-20H,5-6,8H2,1-2H3,(H,17,21). The van der Waals surface area contributed by atoms with Gasteiger partial charge in [-0.25, -0.2) is 0 Å². The third kappa shape index (κ3) is 4.33. The molecule has 1 aromatic carbocycles. The summed E-state index contributed by atoms with van der Waals surface area (Å²) in [7, 11) is 0. The zero-order valence-electron chi connectivity index (χ0n) is 12.3. The Kier molecular flexibility index (Phi) is 5.45. The summed E-state index contributed by atoms with van der Waals surface area (Å²) in [6, 6.07) is 5.64. The summed E-state index contributed by atoms with van der Waals surface area (Å²) >= 11 is 5.82. The van der Waals surface area contributed by atoms with Gasteiger partial charge < -0.3 is 10.4 Å². The lowest BCUT2D eigenvalue weighted by Crippen LogP contribution is -2.31. The molecule has 1 saturated heterocycles. The number of hydrogen-bond donors (Lipinski definition) is 4. The van der Waals surface area contributed by atoms with Gasteiger partial charge in [0.1, 0.15) is 5.75 Å². The Labute approximate surface area is 130 Å². The first-order chi connectivity index (χ1) is 9.97. The number of aromatic hydroxyl groups is 1. The number of amides is 1. The molecule has 1 aliphatic rings. The molecule has 6 heteroatoms. The van der Waals surface area contributed by atoms with Crippen molar-refractivity contribution in [2.75, 3.05) is 6.54 Å². The minimum Gasteiger partial charge on any atom is -0.506 e. The maximum atomic E-state index is 11.9. The molecule has 0 bridgehead atoms. The lowest BCUT2D eigenvalue weighted by atomic mass is 9.93. The fraction of sp³-hybridized carbons (Fsp3) is 0.533. The molecule has 21 heavy (non-hydrogen) atoms. The lowest BCUT2D eigenvalue weighted by molar-refractivity contribution is -0.120. The molecule has 2 atom stereocenters. The molecule has 4 N–H and O–H groups in total. The van der Waals surface area contributed by atoms with Crippen molar-refractivity contribution in [1.82, 2.24) is 16.2 Å². The Balaban J connectivity index is 1.76. The maximum Gasteiger partial charge on any atom is 0.224 e. The van der Waals surface area contributed by atoms with E-state index >= 15 is 0 Å². The van der Waals surface area contributed by atoms with E-state index in [1.54, 1.807) is 12.1 Å². The summed E-state index contributed by atoms with van der Waals surface area (Å²) < 4.78 is 0. The average molecular weight is 312 g/mol. The summed E-state index contributed by atoms with van der Waals surface area (Å²) in [6.45, 7) is 4.94. The zero-order valence-corrected chi connectivity index (χ0v) is 13.1. The van der Waals surface area contributed by atoms with Gasteiger partial charge in [0, 0.05) is 18.6 Å². The van der Waals surface area contributed by atoms with Crippen LogP contribution in [0, 0.1) is 5.92 Å². The minimum absolute atomic E-state index is 0.0315. The van der Waals surface area contributed by atoms with Gasteiger partial charge in [0.05, 0.1) is 11.4 Å². The first kappa shape index (κ1) is 16.1. The second-order valence-electron chi connectivity index (χ2n) is 5.63. The van der Waals surface area contributed by atoms with E-state index < -0.39 is 0 Å². The fourth-order valence-electron chi connectivity index (χ4n) is 2.70. The van der Waals surface area contributed by atoms with Gasteiger partial charge in [-0.2, -0.15) is 0 Å². The number of halogens is 1. The number of rotatable bonds is 5. The number of benzene rings is 1. The van der Waals surface area contributed by atoms with E-state index in [0.29, 0.717) is 24.5 Å². The predicted molar refractivity (Wildman–Crippen MR) is 83.1 cm³/mol. The molecule has 2 unspecified atom stereocenters. The highest BCUT2D eigenvalue weighted by Crippen LogP contribution is 2.23. The van der Waals surface area contributed by atoms with Crippen LogP contribution in [0.5, 0.6) is 5.75 Å². The van der Waals surface area contributed by atoms with Crippen molar-refractivity contribution in [3.8, 4) is 5.75 Å². The molecule has 1 aliphatic heterocycles. The van der Waals surface area contributed by atoms with Gasteiger partial charge >= 0.3 is 0 Å². The van der Waals surface area contributed by atoms with Crippen LogP contribution in [-0.4, -0.2) is 29.6 Å². The number of carbonyl (C=O) groups excluding carboxylic acids is 1. The van der Waals surface area contributed by atoms with Crippen molar-refractivity contribution in [2.45, 2.75) is 38.8 Å². The van der Waals surface area contributed by atoms with E-state index in [4.69, 9.17) is 11.6 Å². The molecular weight excluding hydrogens is 290 g/mol. The third-order valence-corrected chi connectivity index (χ3v) is 4.30. The molecule has 0 aliphatic carbocycles. The van der Waals surface area contributed by atoms with Gasteiger partial charge in [0.15, 0.2) is 0 Å². The molecule has 116 valence electrons. The molecule has 0 saturated carbocycles. The summed E-state index contributed by atoms with van der Waals surface area (Å²) in [5.41, 5.74) is 7.21. The Hall–Kier alpha value is -1.30. The summed E-state index contributed by atoms with van der Waals surface area (Å²) in [4.78, 5) is 11.9. The highest BCUT2D eigenvalue weighted by atomic mass is 35.5. The minimum atomic E-state index is -0.0315. The van der Waals surface area contributed by atoms with Crippen molar-refractivity contribution >= 4 is 17.5 Å². The first-order valence-electron chi connectivity index (χ1n) is 7.22. The van der Waals surface area contributed by atoms with Crippen molar-refractivity contribution in [2.24, 2.45) is 5.92 Å². The number of hydrogen-bond acceptors (Lipinski definition) is 4. The zero-order chi connectivity index (χ0) is 15.4. The van der Waals surface area contributed by atoms with E-state index in [9.17, 15) is 9.90 Å². The summed E-state index contributed by atoms with van der Waals surface area (Å²) in [5, 5.41) is 12.5. The molecule has 1 aromatic rings. The molecule has 2 rings (SSSR count). The Morgan fingerprint density at radius 1 is 1.33 bits per heavy atom. The average Bonchev–Trinajstić information content (AvgIpc) is 2.74. The smallest absolute Gasteiger partial charge is 0.224 e. The monoisotopic (exact) mass is 311 g/mol. The Morgan fingerprint density at radius 2 is 2.00 bits per heavy atom. The van der Waals surface area contributed by atoms with Gasteiger partial charge in [-0.3, -0.25) is 15.6 Å². The van der Waals surface area contributed by atoms with E-state index in [2.05, 4.69) is 30.0 Å². The van der Waals surface area contributed by atoms with Crippen LogP contribution in [-0.2, 0) is 11.2 Å². The van der Waals surface area contributed by atoms with Crippen molar-refractivity contribution in [1.29, 1.82) is 0 Å². The molecule has 0 spiro atoms. The van der Waals surface area contributed by atoms with Crippen LogP contribution in [0.2, 0.25) is 5.02 Å². The van der Waals surface area contributed by atoms with E-state index in [1.807, 2.05) is 0 Å². The topological polar surface area (TPSA) is 73.4 Å². The van der Waals surface area contributed by atoms with Crippen LogP contribution in [0.1, 0.15) is 25.8 Å². The number of phenols is 1. The van der Waals surface area contributed by atoms with Crippen LogP contribution in [0.4, 0.5) is 0 Å². The molecule has 1 amide bonds. The maximum absolute atomic E-state index is 11.9. The first-order valence-corrected chi connectivity index (χ1v) is 7.60. The third-order valence-electron chi connectivity index (χ3n) is 4.00. The number of phenolic OH excluding ortho intramolecular Hbond substituents is 1.